The largest absolute Gasteiger partial charge is 0.396 e. The summed E-state index contributed by atoms with van der Waals surface area (Å²) >= 11 is 0. The highest BCUT2D eigenvalue weighted by molar-refractivity contribution is 5.82. The number of hydrogen-bond donors (Lipinski definition) is 2. The van der Waals surface area contributed by atoms with Crippen LogP contribution in [-0.4, -0.2) is 41.7 Å². The van der Waals surface area contributed by atoms with Crippen molar-refractivity contribution in [3.05, 3.63) is 0 Å². The Morgan fingerprint density at radius 1 is 1.53 bits per heavy atom. The predicted molar refractivity (Wildman–Crippen MR) is 66.3 cm³/mol. The Labute approximate surface area is 103 Å². The molecular weight excluding hydrogens is 216 g/mol. The Morgan fingerprint density at radius 3 is 2.71 bits per heavy atom. The summed E-state index contributed by atoms with van der Waals surface area (Å²) in [7, 11) is 0. The fraction of sp³-hybridized carbons (Fsp3) is 0.923. The first-order valence-corrected chi connectivity index (χ1v) is 6.63. The van der Waals surface area contributed by atoms with E-state index >= 15 is 0 Å². The van der Waals surface area contributed by atoms with Crippen LogP contribution in [0.3, 0.4) is 0 Å². The zero-order valence-corrected chi connectivity index (χ0v) is 10.9. The van der Waals surface area contributed by atoms with Crippen LogP contribution in [0.2, 0.25) is 0 Å². The minimum Gasteiger partial charge on any atom is -0.396 e. The zero-order valence-electron chi connectivity index (χ0n) is 10.9. The van der Waals surface area contributed by atoms with Gasteiger partial charge in [0.25, 0.3) is 0 Å². The van der Waals surface area contributed by atoms with Crippen molar-refractivity contribution in [3.63, 3.8) is 0 Å². The lowest BCUT2D eigenvalue weighted by molar-refractivity contribution is -0.133. The van der Waals surface area contributed by atoms with Crippen molar-refractivity contribution in [2.75, 3.05) is 19.7 Å². The topological polar surface area (TPSA) is 66.6 Å². The van der Waals surface area contributed by atoms with Gasteiger partial charge in [0.05, 0.1) is 6.04 Å². The Bertz CT molecular complexity index is 298. The molecule has 1 saturated carbocycles. The quantitative estimate of drug-likeness (QED) is 0.759. The average Bonchev–Trinajstić information content (AvgIpc) is 2.69. The highest BCUT2D eigenvalue weighted by Gasteiger charge is 2.49. The summed E-state index contributed by atoms with van der Waals surface area (Å²) in [6, 6.07) is -0.362. The summed E-state index contributed by atoms with van der Waals surface area (Å²) < 4.78 is 0. The van der Waals surface area contributed by atoms with Crippen LogP contribution in [0.1, 0.15) is 33.1 Å². The van der Waals surface area contributed by atoms with Crippen LogP contribution in [0.4, 0.5) is 0 Å². The van der Waals surface area contributed by atoms with Crippen molar-refractivity contribution >= 4 is 5.91 Å². The van der Waals surface area contributed by atoms with Gasteiger partial charge in [-0.3, -0.25) is 4.79 Å². The third-order valence-corrected chi connectivity index (χ3v) is 4.45. The van der Waals surface area contributed by atoms with Gasteiger partial charge in [0, 0.05) is 19.7 Å². The molecule has 0 bridgehead atoms. The van der Waals surface area contributed by atoms with E-state index in [-0.39, 0.29) is 17.9 Å². The third kappa shape index (κ3) is 2.33. The first-order chi connectivity index (χ1) is 7.97. The fourth-order valence-corrected chi connectivity index (χ4v) is 3.25. The summed E-state index contributed by atoms with van der Waals surface area (Å²) in [4.78, 5) is 14.0. The standard InChI is InChI=1S/C13H24N2O2/c1-9(2)11(14)12(17)15-4-3-13(8-15)5-10(6-13)7-16/h9-11,16H,3-8,14H2,1-2H3/t10?,11-,13?/m1/s1. The molecule has 0 radical (unpaired) electrons. The van der Waals surface area contributed by atoms with Crippen LogP contribution >= 0.6 is 0 Å². The second kappa shape index (κ2) is 4.58. The highest BCUT2D eigenvalue weighted by atomic mass is 16.3. The second-order valence-corrected chi connectivity index (χ2v) is 6.24. The van der Waals surface area contributed by atoms with Gasteiger partial charge in [-0.05, 0) is 36.5 Å². The first-order valence-electron chi connectivity index (χ1n) is 6.63. The van der Waals surface area contributed by atoms with Crippen molar-refractivity contribution < 1.29 is 9.90 Å². The van der Waals surface area contributed by atoms with Crippen molar-refractivity contribution in [1.29, 1.82) is 0 Å². The number of likely N-dealkylation sites (tertiary alicyclic amines) is 1. The molecule has 2 rings (SSSR count). The summed E-state index contributed by atoms with van der Waals surface area (Å²) in [5.41, 5.74) is 6.22. The molecule has 4 nitrogen and oxygen atoms in total. The summed E-state index contributed by atoms with van der Waals surface area (Å²) in [5.74, 6) is 0.763. The molecule has 2 fully saturated rings. The van der Waals surface area contributed by atoms with Crippen LogP contribution < -0.4 is 5.73 Å². The van der Waals surface area contributed by atoms with Crippen molar-refractivity contribution in [2.45, 2.75) is 39.2 Å². The van der Waals surface area contributed by atoms with E-state index in [0.717, 1.165) is 32.4 Å². The van der Waals surface area contributed by atoms with Gasteiger partial charge in [0.15, 0.2) is 0 Å². The van der Waals surface area contributed by atoms with Gasteiger partial charge in [-0.25, -0.2) is 0 Å². The van der Waals surface area contributed by atoms with Gasteiger partial charge in [-0.1, -0.05) is 13.8 Å². The van der Waals surface area contributed by atoms with Gasteiger partial charge >= 0.3 is 0 Å². The molecule has 0 unspecified atom stereocenters. The van der Waals surface area contributed by atoms with Gasteiger partial charge in [-0.15, -0.1) is 0 Å². The van der Waals surface area contributed by atoms with Crippen molar-refractivity contribution in [1.82, 2.24) is 4.90 Å². The van der Waals surface area contributed by atoms with Crippen LogP contribution in [-0.2, 0) is 4.79 Å². The maximum absolute atomic E-state index is 12.1. The lowest BCUT2D eigenvalue weighted by Crippen LogP contribution is -2.48. The molecule has 1 aliphatic carbocycles. The van der Waals surface area contributed by atoms with Crippen molar-refractivity contribution in [2.24, 2.45) is 23.0 Å². The number of hydrogen-bond acceptors (Lipinski definition) is 3. The first kappa shape index (κ1) is 12.8. The average molecular weight is 240 g/mol. The Hall–Kier alpha value is -0.610. The van der Waals surface area contributed by atoms with E-state index in [1.807, 2.05) is 18.7 Å². The third-order valence-electron chi connectivity index (χ3n) is 4.45. The smallest absolute Gasteiger partial charge is 0.239 e. The number of aliphatic hydroxyl groups is 1. The van der Waals surface area contributed by atoms with E-state index in [1.54, 1.807) is 0 Å². The normalized spacial score (nSPS) is 34.2. The number of amides is 1. The van der Waals surface area contributed by atoms with E-state index in [0.29, 0.717) is 17.9 Å². The summed E-state index contributed by atoms with van der Waals surface area (Å²) in [6.45, 7) is 5.96. The molecule has 1 amide bonds. The van der Waals surface area contributed by atoms with Crippen LogP contribution in [0.5, 0.6) is 0 Å². The monoisotopic (exact) mass is 240 g/mol. The van der Waals surface area contributed by atoms with E-state index in [1.165, 1.54) is 0 Å². The molecule has 0 aromatic carbocycles. The lowest BCUT2D eigenvalue weighted by Gasteiger charge is -2.44. The number of carbonyl (C=O) groups is 1. The molecular formula is C13H24N2O2. The molecule has 0 aromatic heterocycles. The number of aliphatic hydroxyl groups excluding tert-OH is 1. The molecule has 3 N–H and O–H groups in total. The molecule has 17 heavy (non-hydrogen) atoms. The maximum Gasteiger partial charge on any atom is 0.239 e. The van der Waals surface area contributed by atoms with Crippen molar-refractivity contribution in [3.8, 4) is 0 Å². The number of carbonyl (C=O) groups excluding carboxylic acids is 1. The molecule has 1 spiro atoms. The lowest BCUT2D eigenvalue weighted by atomic mass is 9.62. The minimum absolute atomic E-state index is 0.101. The molecule has 4 heteroatoms. The highest BCUT2D eigenvalue weighted by Crippen LogP contribution is 2.51. The maximum atomic E-state index is 12.1. The Kier molecular flexibility index (Phi) is 3.46. The number of nitrogens with zero attached hydrogens (tertiary/aromatic N) is 1. The number of rotatable bonds is 3. The summed E-state index contributed by atoms with van der Waals surface area (Å²) in [5, 5.41) is 9.07. The zero-order chi connectivity index (χ0) is 12.6. The SMILES string of the molecule is CC(C)[C@@H](N)C(=O)N1CCC2(CC(CO)C2)C1. The van der Waals surface area contributed by atoms with E-state index in [2.05, 4.69) is 0 Å². The van der Waals surface area contributed by atoms with Gasteiger partial charge in [-0.2, -0.15) is 0 Å². The molecule has 0 aromatic rings. The predicted octanol–water partition coefficient (Wildman–Crippen LogP) is 0.591. The van der Waals surface area contributed by atoms with Crippen LogP contribution in [0.15, 0.2) is 0 Å². The number of nitrogens with two attached hydrogens (primary N) is 1. The van der Waals surface area contributed by atoms with Crippen LogP contribution in [0, 0.1) is 17.3 Å². The van der Waals surface area contributed by atoms with Gasteiger partial charge in [0.2, 0.25) is 5.91 Å². The van der Waals surface area contributed by atoms with Gasteiger partial charge < -0.3 is 15.7 Å². The fourth-order valence-electron chi connectivity index (χ4n) is 3.25. The molecule has 1 atom stereocenters. The van der Waals surface area contributed by atoms with Crippen LogP contribution in [0.25, 0.3) is 0 Å². The Morgan fingerprint density at radius 2 is 2.18 bits per heavy atom. The van der Waals surface area contributed by atoms with E-state index in [4.69, 9.17) is 10.8 Å². The van der Waals surface area contributed by atoms with E-state index < -0.39 is 0 Å². The molecule has 2 aliphatic rings. The van der Waals surface area contributed by atoms with Gasteiger partial charge in [0.1, 0.15) is 0 Å². The molecule has 1 aliphatic heterocycles. The van der Waals surface area contributed by atoms with E-state index in [9.17, 15) is 4.79 Å². The Balaban J connectivity index is 1.88. The second-order valence-electron chi connectivity index (χ2n) is 6.24. The minimum atomic E-state index is -0.362. The molecule has 1 saturated heterocycles. The molecule has 1 heterocycles. The molecule has 98 valence electrons. The summed E-state index contributed by atoms with van der Waals surface area (Å²) in [6.07, 6.45) is 3.23.